The van der Waals surface area contributed by atoms with Crippen LogP contribution in [0.5, 0.6) is 0 Å². The van der Waals surface area contributed by atoms with Crippen molar-refractivity contribution in [3.8, 4) is 0 Å². The van der Waals surface area contributed by atoms with Gasteiger partial charge in [0.15, 0.2) is 0 Å². The molecule has 5 nitrogen and oxygen atoms in total. The molecule has 0 aromatic heterocycles. The third kappa shape index (κ3) is 5.06. The van der Waals surface area contributed by atoms with Crippen LogP contribution in [0.1, 0.15) is 42.1 Å². The van der Waals surface area contributed by atoms with Crippen molar-refractivity contribution in [1.29, 1.82) is 0 Å². The van der Waals surface area contributed by atoms with Crippen LogP contribution in [0.15, 0.2) is 42.5 Å². The molecule has 2 aromatic carbocycles. The molecule has 0 saturated carbocycles. The summed E-state index contributed by atoms with van der Waals surface area (Å²) in [5, 5.41) is 5.64. The van der Waals surface area contributed by atoms with Gasteiger partial charge in [-0.3, -0.25) is 9.59 Å². The van der Waals surface area contributed by atoms with E-state index in [2.05, 4.69) is 15.5 Å². The highest BCUT2D eigenvalue weighted by Gasteiger charge is 2.19. The maximum atomic E-state index is 13.3. The Morgan fingerprint density at radius 1 is 1.07 bits per heavy atom. The van der Waals surface area contributed by atoms with Gasteiger partial charge in [-0.05, 0) is 55.2 Å². The van der Waals surface area contributed by atoms with Crippen LogP contribution in [-0.2, 0) is 11.3 Å². The van der Waals surface area contributed by atoms with Crippen molar-refractivity contribution in [1.82, 2.24) is 5.32 Å². The zero-order valence-corrected chi connectivity index (χ0v) is 15.4. The van der Waals surface area contributed by atoms with Crippen LogP contribution in [0, 0.1) is 5.82 Å². The number of anilines is 2. The van der Waals surface area contributed by atoms with Gasteiger partial charge in [-0.1, -0.05) is 12.1 Å². The number of nitrogens with zero attached hydrogens (tertiary/aromatic N) is 1. The van der Waals surface area contributed by atoms with Gasteiger partial charge in [0.1, 0.15) is 5.82 Å². The Hall–Kier alpha value is -2.89. The lowest BCUT2D eigenvalue weighted by Gasteiger charge is -2.30. The molecule has 2 aromatic rings. The Morgan fingerprint density at radius 3 is 2.56 bits per heavy atom. The molecule has 0 aliphatic carbocycles. The molecule has 6 heteroatoms. The van der Waals surface area contributed by atoms with Crippen molar-refractivity contribution < 1.29 is 14.0 Å². The van der Waals surface area contributed by atoms with Gasteiger partial charge in [-0.25, -0.2) is 4.39 Å². The number of rotatable bonds is 5. The molecule has 0 radical (unpaired) electrons. The summed E-state index contributed by atoms with van der Waals surface area (Å²) in [7, 11) is 0. The molecule has 27 heavy (non-hydrogen) atoms. The van der Waals surface area contributed by atoms with Gasteiger partial charge in [0.2, 0.25) is 5.91 Å². The summed E-state index contributed by atoms with van der Waals surface area (Å²) >= 11 is 0. The maximum absolute atomic E-state index is 13.3. The minimum absolute atomic E-state index is 0.150. The minimum Gasteiger partial charge on any atom is -0.371 e. The largest absolute Gasteiger partial charge is 0.371 e. The topological polar surface area (TPSA) is 61.4 Å². The molecular weight excluding hydrogens is 345 g/mol. The van der Waals surface area contributed by atoms with Gasteiger partial charge in [-0.15, -0.1) is 0 Å². The number of carbonyl (C=O) groups is 2. The summed E-state index contributed by atoms with van der Waals surface area (Å²) in [6, 6.07) is 11.5. The normalized spacial score (nSPS) is 13.9. The van der Waals surface area contributed by atoms with Gasteiger partial charge >= 0.3 is 0 Å². The summed E-state index contributed by atoms with van der Waals surface area (Å²) in [5.41, 5.74) is 2.75. The Morgan fingerprint density at radius 2 is 1.85 bits per heavy atom. The first-order valence-electron chi connectivity index (χ1n) is 9.22. The number of carbonyl (C=O) groups excluding carboxylic acids is 2. The van der Waals surface area contributed by atoms with E-state index in [1.807, 2.05) is 6.07 Å². The Bertz CT molecular complexity index is 832. The summed E-state index contributed by atoms with van der Waals surface area (Å²) in [6.07, 6.45) is 3.34. The van der Waals surface area contributed by atoms with Crippen LogP contribution in [0.3, 0.4) is 0 Å². The minimum atomic E-state index is -0.324. The molecule has 1 heterocycles. The zero-order valence-electron chi connectivity index (χ0n) is 15.4. The molecule has 2 N–H and O–H groups in total. The highest BCUT2D eigenvalue weighted by molar-refractivity contribution is 6.01. The predicted molar refractivity (Wildman–Crippen MR) is 104 cm³/mol. The Balaban J connectivity index is 1.81. The quantitative estimate of drug-likeness (QED) is 0.845. The first-order valence-corrected chi connectivity index (χ1v) is 9.22. The van der Waals surface area contributed by atoms with Gasteiger partial charge < -0.3 is 15.5 Å². The number of hydrogen-bond acceptors (Lipinski definition) is 3. The van der Waals surface area contributed by atoms with Gasteiger partial charge in [0.25, 0.3) is 5.91 Å². The van der Waals surface area contributed by atoms with Crippen molar-refractivity contribution in [3.63, 3.8) is 0 Å². The lowest BCUT2D eigenvalue weighted by molar-refractivity contribution is -0.114. The summed E-state index contributed by atoms with van der Waals surface area (Å²) in [4.78, 5) is 26.3. The van der Waals surface area contributed by atoms with E-state index in [0.717, 1.165) is 31.6 Å². The monoisotopic (exact) mass is 369 g/mol. The first-order chi connectivity index (χ1) is 13.0. The highest BCUT2D eigenvalue weighted by Crippen LogP contribution is 2.28. The average molecular weight is 369 g/mol. The van der Waals surface area contributed by atoms with Gasteiger partial charge in [-0.2, -0.15) is 0 Å². The fourth-order valence-corrected chi connectivity index (χ4v) is 3.33. The number of nitrogens with one attached hydrogen (secondary N) is 2. The van der Waals surface area contributed by atoms with E-state index in [1.165, 1.54) is 25.5 Å². The van der Waals surface area contributed by atoms with E-state index in [4.69, 9.17) is 0 Å². The smallest absolute Gasteiger partial charge is 0.253 e. The molecule has 0 bridgehead atoms. The fraction of sp³-hybridized carbons (Fsp3) is 0.333. The van der Waals surface area contributed by atoms with E-state index >= 15 is 0 Å². The Kier molecular flexibility index (Phi) is 6.06. The molecule has 1 fully saturated rings. The van der Waals surface area contributed by atoms with Crippen LogP contribution in [0.2, 0.25) is 0 Å². The zero-order chi connectivity index (χ0) is 19.2. The predicted octanol–water partition coefficient (Wildman–Crippen LogP) is 3.70. The SMILES string of the molecule is CC(=O)Nc1ccc(C(=O)NCc2cccc(F)c2)c(N2CCCCC2)c1. The summed E-state index contributed by atoms with van der Waals surface area (Å²) in [6.45, 7) is 3.48. The third-order valence-electron chi connectivity index (χ3n) is 4.60. The van der Waals surface area contributed by atoms with E-state index in [9.17, 15) is 14.0 Å². The number of halogens is 1. The second-order valence-corrected chi connectivity index (χ2v) is 6.77. The van der Waals surface area contributed by atoms with Crippen molar-refractivity contribution in [2.45, 2.75) is 32.7 Å². The summed E-state index contributed by atoms with van der Waals surface area (Å²) in [5.74, 6) is -0.687. The number of piperidine rings is 1. The van der Waals surface area contributed by atoms with Crippen molar-refractivity contribution in [2.75, 3.05) is 23.3 Å². The molecule has 142 valence electrons. The molecule has 3 rings (SSSR count). The molecule has 1 aliphatic heterocycles. The van der Waals surface area contributed by atoms with Crippen LogP contribution in [0.4, 0.5) is 15.8 Å². The molecule has 2 amide bonds. The van der Waals surface area contributed by atoms with E-state index in [1.54, 1.807) is 24.3 Å². The van der Waals surface area contributed by atoms with Crippen LogP contribution >= 0.6 is 0 Å². The van der Waals surface area contributed by atoms with Crippen LogP contribution in [0.25, 0.3) is 0 Å². The molecular formula is C21H24FN3O2. The third-order valence-corrected chi connectivity index (χ3v) is 4.60. The Labute approximate surface area is 158 Å². The van der Waals surface area contributed by atoms with Gasteiger partial charge in [0.05, 0.1) is 11.3 Å². The molecule has 1 saturated heterocycles. The second-order valence-electron chi connectivity index (χ2n) is 6.77. The maximum Gasteiger partial charge on any atom is 0.253 e. The first kappa shape index (κ1) is 18.9. The van der Waals surface area contributed by atoms with Crippen molar-refractivity contribution in [2.24, 2.45) is 0 Å². The number of hydrogen-bond donors (Lipinski definition) is 2. The standard InChI is InChI=1S/C21H24FN3O2/c1-15(26)24-18-8-9-19(20(13-18)25-10-3-2-4-11-25)21(27)23-14-16-6-5-7-17(22)12-16/h5-9,12-13H,2-4,10-11,14H2,1H3,(H,23,27)(H,24,26). The molecule has 1 aliphatic rings. The lowest BCUT2D eigenvalue weighted by atomic mass is 10.1. The fourth-order valence-electron chi connectivity index (χ4n) is 3.33. The molecule has 0 spiro atoms. The number of benzene rings is 2. The average Bonchev–Trinajstić information content (AvgIpc) is 2.66. The van der Waals surface area contributed by atoms with Crippen LogP contribution in [-0.4, -0.2) is 24.9 Å². The summed E-state index contributed by atoms with van der Waals surface area (Å²) < 4.78 is 13.3. The van der Waals surface area contributed by atoms with E-state index in [-0.39, 0.29) is 24.2 Å². The van der Waals surface area contributed by atoms with Crippen molar-refractivity contribution in [3.05, 3.63) is 59.4 Å². The molecule has 0 atom stereocenters. The van der Waals surface area contributed by atoms with Crippen molar-refractivity contribution >= 4 is 23.2 Å². The van der Waals surface area contributed by atoms with Gasteiger partial charge in [0, 0.05) is 32.2 Å². The lowest BCUT2D eigenvalue weighted by Crippen LogP contribution is -2.32. The van der Waals surface area contributed by atoms with E-state index in [0.29, 0.717) is 16.8 Å². The van der Waals surface area contributed by atoms with Crippen LogP contribution < -0.4 is 15.5 Å². The highest BCUT2D eigenvalue weighted by atomic mass is 19.1. The second kappa shape index (κ2) is 8.66. The molecule has 0 unspecified atom stereocenters. The van der Waals surface area contributed by atoms with E-state index < -0.39 is 0 Å². The number of amides is 2.